The second kappa shape index (κ2) is 9.88. The molecule has 3 nitrogen and oxygen atoms in total. The standard InChI is InChI=1S/C22H24F2N2O.2ClH/c1-3-15-5-4-6-17(9-15)22(7-8-22)26-14-20(27)21(2,25)13-16-10-18(23)12-19(24)11-16;;/h1,4-6,9-12,20,26-27H,7-8,13-14,25H2,2H3;2*1H/t20-,21+;;/m1../s1. The minimum Gasteiger partial charge on any atom is -0.390 e. The van der Waals surface area contributed by atoms with E-state index in [0.717, 1.165) is 30.0 Å². The summed E-state index contributed by atoms with van der Waals surface area (Å²) in [4.78, 5) is 0. The van der Waals surface area contributed by atoms with Gasteiger partial charge in [0.25, 0.3) is 0 Å². The highest BCUT2D eigenvalue weighted by molar-refractivity contribution is 5.85. The minimum absolute atomic E-state index is 0. The van der Waals surface area contributed by atoms with Gasteiger partial charge in [0.1, 0.15) is 11.6 Å². The Balaban J connectivity index is 0.00000210. The molecule has 158 valence electrons. The Labute approximate surface area is 182 Å². The largest absolute Gasteiger partial charge is 0.390 e. The number of nitrogens with one attached hydrogen (secondary N) is 1. The van der Waals surface area contributed by atoms with Gasteiger partial charge in [-0.05, 0) is 61.6 Å². The zero-order valence-corrected chi connectivity index (χ0v) is 17.8. The lowest BCUT2D eigenvalue weighted by Crippen LogP contribution is -2.55. The van der Waals surface area contributed by atoms with E-state index >= 15 is 0 Å². The molecule has 1 aliphatic carbocycles. The summed E-state index contributed by atoms with van der Waals surface area (Å²) in [5.74, 6) is 1.33. The van der Waals surface area contributed by atoms with E-state index in [2.05, 4.69) is 11.2 Å². The van der Waals surface area contributed by atoms with Crippen molar-refractivity contribution in [1.29, 1.82) is 0 Å². The van der Waals surface area contributed by atoms with Gasteiger partial charge in [-0.15, -0.1) is 31.2 Å². The van der Waals surface area contributed by atoms with Crippen molar-refractivity contribution in [3.8, 4) is 12.3 Å². The highest BCUT2D eigenvalue weighted by Gasteiger charge is 2.45. The van der Waals surface area contributed by atoms with E-state index in [9.17, 15) is 13.9 Å². The number of aliphatic hydroxyl groups is 1. The third-order valence-corrected chi connectivity index (χ3v) is 5.23. The number of nitrogens with two attached hydrogens (primary N) is 1. The molecule has 0 saturated heterocycles. The number of hydrogen-bond donors (Lipinski definition) is 3. The molecule has 1 fully saturated rings. The fraction of sp³-hybridized carbons (Fsp3) is 0.364. The summed E-state index contributed by atoms with van der Waals surface area (Å²) >= 11 is 0. The molecule has 2 aromatic carbocycles. The molecule has 0 heterocycles. The molecule has 2 aromatic rings. The van der Waals surface area contributed by atoms with Crippen LogP contribution < -0.4 is 11.1 Å². The summed E-state index contributed by atoms with van der Waals surface area (Å²) in [5.41, 5.74) is 7.36. The van der Waals surface area contributed by atoms with Gasteiger partial charge in [-0.25, -0.2) is 8.78 Å². The van der Waals surface area contributed by atoms with Crippen LogP contribution >= 0.6 is 24.8 Å². The first kappa shape index (κ1) is 25.4. The molecule has 0 aromatic heterocycles. The minimum atomic E-state index is -1.04. The topological polar surface area (TPSA) is 58.3 Å². The van der Waals surface area contributed by atoms with E-state index in [4.69, 9.17) is 12.2 Å². The first-order valence-electron chi connectivity index (χ1n) is 8.98. The van der Waals surface area contributed by atoms with Gasteiger partial charge in [0.05, 0.1) is 6.10 Å². The summed E-state index contributed by atoms with van der Waals surface area (Å²) < 4.78 is 26.8. The lowest BCUT2D eigenvalue weighted by molar-refractivity contribution is 0.0885. The van der Waals surface area contributed by atoms with Crippen LogP contribution in [0.2, 0.25) is 0 Å². The molecule has 7 heteroatoms. The summed E-state index contributed by atoms with van der Waals surface area (Å²) in [6.45, 7) is 1.95. The van der Waals surface area contributed by atoms with Crippen molar-refractivity contribution in [2.75, 3.05) is 6.54 Å². The average Bonchev–Trinajstić information content (AvgIpc) is 3.39. The van der Waals surface area contributed by atoms with Crippen LogP contribution in [0, 0.1) is 24.0 Å². The second-order valence-electron chi connectivity index (χ2n) is 7.66. The Kier molecular flexibility index (Phi) is 8.64. The van der Waals surface area contributed by atoms with Crippen LogP contribution in [0.25, 0.3) is 0 Å². The Morgan fingerprint density at radius 3 is 2.38 bits per heavy atom. The third kappa shape index (κ3) is 6.15. The molecular weight excluding hydrogens is 417 g/mol. The molecule has 0 bridgehead atoms. The van der Waals surface area contributed by atoms with Gasteiger partial charge in [-0.2, -0.15) is 0 Å². The number of aliphatic hydroxyl groups excluding tert-OH is 1. The molecule has 0 spiro atoms. The monoisotopic (exact) mass is 442 g/mol. The highest BCUT2D eigenvalue weighted by atomic mass is 35.5. The van der Waals surface area contributed by atoms with E-state index in [1.165, 1.54) is 12.1 Å². The van der Waals surface area contributed by atoms with Crippen LogP contribution in [0.1, 0.15) is 36.5 Å². The van der Waals surface area contributed by atoms with Crippen LogP contribution in [-0.2, 0) is 12.0 Å². The van der Waals surface area contributed by atoms with Gasteiger partial charge in [-0.1, -0.05) is 18.1 Å². The van der Waals surface area contributed by atoms with Crippen molar-refractivity contribution in [3.63, 3.8) is 0 Å². The molecule has 2 atom stereocenters. The maximum Gasteiger partial charge on any atom is 0.126 e. The molecule has 1 aliphatic rings. The molecule has 3 rings (SSSR count). The van der Waals surface area contributed by atoms with Gasteiger partial charge in [0.15, 0.2) is 0 Å². The molecule has 29 heavy (non-hydrogen) atoms. The quantitative estimate of drug-likeness (QED) is 0.573. The number of benzene rings is 2. The van der Waals surface area contributed by atoms with E-state index in [-0.39, 0.29) is 43.3 Å². The van der Waals surface area contributed by atoms with Gasteiger partial charge < -0.3 is 16.2 Å². The molecule has 0 unspecified atom stereocenters. The van der Waals surface area contributed by atoms with Crippen LogP contribution in [-0.4, -0.2) is 23.3 Å². The lowest BCUT2D eigenvalue weighted by atomic mass is 9.87. The zero-order valence-electron chi connectivity index (χ0n) is 16.1. The van der Waals surface area contributed by atoms with Crippen molar-refractivity contribution >= 4 is 24.8 Å². The van der Waals surface area contributed by atoms with E-state index in [1.54, 1.807) is 6.92 Å². The zero-order chi connectivity index (χ0) is 19.7. The highest BCUT2D eigenvalue weighted by Crippen LogP contribution is 2.45. The third-order valence-electron chi connectivity index (χ3n) is 5.23. The molecule has 0 radical (unpaired) electrons. The molecule has 0 amide bonds. The number of halogens is 4. The van der Waals surface area contributed by atoms with Crippen LogP contribution in [0.15, 0.2) is 42.5 Å². The van der Waals surface area contributed by atoms with E-state index in [1.807, 2.05) is 24.3 Å². The first-order chi connectivity index (χ1) is 12.7. The number of hydrogen-bond acceptors (Lipinski definition) is 3. The van der Waals surface area contributed by atoms with Crippen molar-refractivity contribution in [1.82, 2.24) is 5.32 Å². The molecule has 4 N–H and O–H groups in total. The number of terminal acetylenes is 1. The van der Waals surface area contributed by atoms with Crippen LogP contribution in [0.4, 0.5) is 8.78 Å². The second-order valence-corrected chi connectivity index (χ2v) is 7.66. The Hall–Kier alpha value is -1.68. The Morgan fingerprint density at radius 2 is 1.83 bits per heavy atom. The normalized spacial score (nSPS) is 17.1. The molecule has 0 aliphatic heterocycles. The van der Waals surface area contributed by atoms with Crippen molar-refractivity contribution in [2.45, 2.75) is 43.4 Å². The van der Waals surface area contributed by atoms with Crippen LogP contribution in [0.3, 0.4) is 0 Å². The summed E-state index contributed by atoms with van der Waals surface area (Å²) in [6.07, 6.45) is 6.64. The van der Waals surface area contributed by atoms with Crippen molar-refractivity contribution in [3.05, 3.63) is 70.8 Å². The van der Waals surface area contributed by atoms with Crippen molar-refractivity contribution in [2.24, 2.45) is 5.73 Å². The molecule has 1 saturated carbocycles. The fourth-order valence-electron chi connectivity index (χ4n) is 3.40. The smallest absolute Gasteiger partial charge is 0.126 e. The van der Waals surface area contributed by atoms with E-state index in [0.29, 0.717) is 5.56 Å². The summed E-state index contributed by atoms with van der Waals surface area (Å²) in [6, 6.07) is 11.1. The Bertz CT molecular complexity index is 859. The summed E-state index contributed by atoms with van der Waals surface area (Å²) in [7, 11) is 0. The fourth-order valence-corrected chi connectivity index (χ4v) is 3.40. The van der Waals surface area contributed by atoms with Gasteiger partial charge in [0.2, 0.25) is 0 Å². The van der Waals surface area contributed by atoms with Gasteiger partial charge in [-0.3, -0.25) is 0 Å². The van der Waals surface area contributed by atoms with E-state index < -0.39 is 23.3 Å². The summed E-state index contributed by atoms with van der Waals surface area (Å²) in [5, 5.41) is 14.0. The predicted octanol–water partition coefficient (Wildman–Crippen LogP) is 3.69. The maximum absolute atomic E-state index is 13.4. The van der Waals surface area contributed by atoms with Gasteiger partial charge >= 0.3 is 0 Å². The lowest BCUT2D eigenvalue weighted by Gasteiger charge is -2.32. The van der Waals surface area contributed by atoms with Crippen LogP contribution in [0.5, 0.6) is 0 Å². The predicted molar refractivity (Wildman–Crippen MR) is 116 cm³/mol. The average molecular weight is 443 g/mol. The van der Waals surface area contributed by atoms with Gasteiger partial charge in [0, 0.05) is 29.3 Å². The van der Waals surface area contributed by atoms with Crippen molar-refractivity contribution < 1.29 is 13.9 Å². The first-order valence-corrected chi connectivity index (χ1v) is 8.98. The molecular formula is C22H26Cl2F2N2O. The maximum atomic E-state index is 13.4. The number of rotatable bonds is 7. The SMILES string of the molecule is C#Cc1cccc(C2(NC[C@@H](O)[C@@](C)(N)Cc3cc(F)cc(F)c3)CC2)c1.Cl.Cl. The Morgan fingerprint density at radius 1 is 1.21 bits per heavy atom.